The molecule has 0 aliphatic carbocycles. The Hall–Kier alpha value is -4.54. The van der Waals surface area contributed by atoms with Crippen molar-refractivity contribution in [2.24, 2.45) is 0 Å². The number of carbonyl (C=O) groups excluding carboxylic acids is 2. The molecule has 0 atom stereocenters. The largest absolute Gasteiger partial charge is 0.573 e. The molecule has 4 aromatic rings. The second-order valence-electron chi connectivity index (χ2n) is 6.95. The molecule has 8 nitrogen and oxygen atoms in total. The number of aromatic nitrogens is 2. The fraction of sp³-hybridized carbons (Fsp3) is 0.0870. The maximum Gasteiger partial charge on any atom is 0.573 e. The molecule has 0 spiro atoms. The van der Waals surface area contributed by atoms with Crippen molar-refractivity contribution < 1.29 is 32.2 Å². The first-order chi connectivity index (χ1) is 16.2. The number of amides is 2. The zero-order chi connectivity index (χ0) is 24.3. The Morgan fingerprint density at radius 3 is 2.41 bits per heavy atom. The Balaban J connectivity index is 1.58. The van der Waals surface area contributed by atoms with Crippen LogP contribution in [0.2, 0.25) is 0 Å². The predicted octanol–water partition coefficient (Wildman–Crippen LogP) is 5.35. The molecule has 0 saturated carbocycles. The Morgan fingerprint density at radius 1 is 0.971 bits per heavy atom. The van der Waals surface area contributed by atoms with Crippen molar-refractivity contribution in [3.63, 3.8) is 0 Å². The molecule has 0 unspecified atom stereocenters. The van der Waals surface area contributed by atoms with E-state index in [4.69, 9.17) is 4.74 Å². The van der Waals surface area contributed by atoms with E-state index in [0.717, 1.165) is 12.1 Å². The van der Waals surface area contributed by atoms with Crippen LogP contribution in [0.1, 0.15) is 10.4 Å². The van der Waals surface area contributed by atoms with E-state index in [0.29, 0.717) is 28.0 Å². The van der Waals surface area contributed by atoms with Crippen LogP contribution in [0, 0.1) is 0 Å². The number of hydrogen-bond acceptors (Lipinski definition) is 5. The van der Waals surface area contributed by atoms with Crippen LogP contribution in [-0.4, -0.2) is 35.0 Å². The van der Waals surface area contributed by atoms with Crippen molar-refractivity contribution in [2.75, 3.05) is 17.7 Å². The SMILES string of the molecule is COC(=O)c1cn(-c2ncccc2NC(=O)Nc2ccc(OC(F)(F)F)cc2)c2ccccc12. The zero-order valence-electron chi connectivity index (χ0n) is 17.6. The van der Waals surface area contributed by atoms with Crippen LogP contribution in [0.4, 0.5) is 29.3 Å². The average molecular weight is 470 g/mol. The molecule has 0 aliphatic rings. The lowest BCUT2D eigenvalue weighted by Crippen LogP contribution is -2.21. The third-order valence-electron chi connectivity index (χ3n) is 4.73. The third kappa shape index (κ3) is 4.93. The van der Waals surface area contributed by atoms with Crippen molar-refractivity contribution in [3.8, 4) is 11.6 Å². The van der Waals surface area contributed by atoms with Gasteiger partial charge in [-0.05, 0) is 42.5 Å². The molecule has 11 heteroatoms. The minimum Gasteiger partial charge on any atom is -0.465 e. The van der Waals surface area contributed by atoms with Crippen molar-refractivity contribution in [1.29, 1.82) is 0 Å². The highest BCUT2D eigenvalue weighted by Gasteiger charge is 2.31. The van der Waals surface area contributed by atoms with E-state index in [1.807, 2.05) is 0 Å². The lowest BCUT2D eigenvalue weighted by molar-refractivity contribution is -0.274. The number of esters is 1. The van der Waals surface area contributed by atoms with E-state index >= 15 is 0 Å². The molecule has 0 saturated heterocycles. The molecule has 0 bridgehead atoms. The molecule has 34 heavy (non-hydrogen) atoms. The summed E-state index contributed by atoms with van der Waals surface area (Å²) in [4.78, 5) is 29.1. The normalized spacial score (nSPS) is 11.2. The highest BCUT2D eigenvalue weighted by Crippen LogP contribution is 2.28. The predicted molar refractivity (Wildman–Crippen MR) is 118 cm³/mol. The molecule has 4 rings (SSSR count). The standard InChI is InChI=1S/C23H17F3N4O4/c1-33-21(31)17-13-30(19-7-3-2-5-16(17)19)20-18(6-4-12-27-20)29-22(32)28-14-8-10-15(11-9-14)34-23(24,25)26/h2-13H,1H3,(H2,28,29,32). The van der Waals surface area contributed by atoms with Gasteiger partial charge in [0.2, 0.25) is 0 Å². The number of methoxy groups -OCH3 is 1. The second-order valence-corrected chi connectivity index (χ2v) is 6.95. The summed E-state index contributed by atoms with van der Waals surface area (Å²) in [6.45, 7) is 0. The Labute approximate surface area is 190 Å². The lowest BCUT2D eigenvalue weighted by Gasteiger charge is -2.13. The van der Waals surface area contributed by atoms with Gasteiger partial charge in [0.25, 0.3) is 0 Å². The fourth-order valence-corrected chi connectivity index (χ4v) is 3.34. The Morgan fingerprint density at radius 2 is 1.71 bits per heavy atom. The summed E-state index contributed by atoms with van der Waals surface area (Å²) in [6.07, 6.45) is -1.70. The summed E-state index contributed by atoms with van der Waals surface area (Å²) in [5.74, 6) is -0.581. The van der Waals surface area contributed by atoms with E-state index in [1.54, 1.807) is 47.2 Å². The quantitative estimate of drug-likeness (QED) is 0.383. The monoisotopic (exact) mass is 470 g/mol. The fourth-order valence-electron chi connectivity index (χ4n) is 3.34. The summed E-state index contributed by atoms with van der Waals surface area (Å²) >= 11 is 0. The number of pyridine rings is 1. The van der Waals surface area contributed by atoms with Crippen LogP contribution in [-0.2, 0) is 4.74 Å². The number of nitrogens with zero attached hydrogens (tertiary/aromatic N) is 2. The molecule has 0 aliphatic heterocycles. The number of carbonyl (C=O) groups is 2. The van der Waals surface area contributed by atoms with Crippen LogP contribution >= 0.6 is 0 Å². The number of anilines is 2. The van der Waals surface area contributed by atoms with Crippen molar-refractivity contribution >= 4 is 34.3 Å². The number of urea groups is 1. The molecular weight excluding hydrogens is 453 g/mol. The molecule has 2 heterocycles. The number of ether oxygens (including phenoxy) is 2. The van der Waals surface area contributed by atoms with E-state index in [9.17, 15) is 22.8 Å². The van der Waals surface area contributed by atoms with Crippen LogP contribution in [0.3, 0.4) is 0 Å². The molecule has 2 N–H and O–H groups in total. The van der Waals surface area contributed by atoms with Crippen molar-refractivity contribution in [2.45, 2.75) is 6.36 Å². The van der Waals surface area contributed by atoms with Gasteiger partial charge in [0.1, 0.15) is 5.75 Å². The summed E-state index contributed by atoms with van der Waals surface area (Å²) < 4.78 is 47.2. The second kappa shape index (κ2) is 9.14. The molecule has 2 aromatic heterocycles. The Bertz CT molecular complexity index is 1350. The van der Waals surface area contributed by atoms with Gasteiger partial charge in [0, 0.05) is 23.5 Å². The zero-order valence-corrected chi connectivity index (χ0v) is 17.6. The number of nitrogens with one attached hydrogen (secondary N) is 2. The molecule has 2 amide bonds. The minimum absolute atomic E-state index is 0.247. The molecule has 0 radical (unpaired) electrons. The number of hydrogen-bond donors (Lipinski definition) is 2. The van der Waals surface area contributed by atoms with Crippen LogP contribution in [0.25, 0.3) is 16.7 Å². The maximum absolute atomic E-state index is 12.6. The van der Waals surface area contributed by atoms with Gasteiger partial charge in [-0.15, -0.1) is 13.2 Å². The summed E-state index contributed by atoms with van der Waals surface area (Å²) in [5.41, 5.74) is 1.58. The van der Waals surface area contributed by atoms with Gasteiger partial charge in [-0.3, -0.25) is 4.57 Å². The number of fused-ring (bicyclic) bond motifs is 1. The van der Waals surface area contributed by atoms with Gasteiger partial charge < -0.3 is 20.1 Å². The highest BCUT2D eigenvalue weighted by atomic mass is 19.4. The smallest absolute Gasteiger partial charge is 0.465 e. The van der Waals surface area contributed by atoms with Gasteiger partial charge in [-0.1, -0.05) is 18.2 Å². The van der Waals surface area contributed by atoms with Gasteiger partial charge in [-0.2, -0.15) is 0 Å². The highest BCUT2D eigenvalue weighted by molar-refractivity contribution is 6.05. The van der Waals surface area contributed by atoms with E-state index in [2.05, 4.69) is 20.4 Å². The van der Waals surface area contributed by atoms with Gasteiger partial charge in [-0.25, -0.2) is 14.6 Å². The molecule has 0 fully saturated rings. The summed E-state index contributed by atoms with van der Waals surface area (Å²) in [6, 6.07) is 14.5. The number of rotatable bonds is 5. The van der Waals surface area contributed by atoms with E-state index in [1.165, 1.54) is 25.4 Å². The van der Waals surface area contributed by atoms with Crippen molar-refractivity contribution in [1.82, 2.24) is 9.55 Å². The van der Waals surface area contributed by atoms with E-state index < -0.39 is 24.1 Å². The summed E-state index contributed by atoms with van der Waals surface area (Å²) in [5, 5.41) is 5.85. The molecule has 2 aromatic carbocycles. The average Bonchev–Trinajstić information content (AvgIpc) is 3.19. The van der Waals surface area contributed by atoms with Crippen molar-refractivity contribution in [3.05, 3.63) is 78.6 Å². The first kappa shape index (κ1) is 22.6. The van der Waals surface area contributed by atoms with Gasteiger partial charge in [0.15, 0.2) is 5.82 Å². The third-order valence-corrected chi connectivity index (χ3v) is 4.73. The van der Waals surface area contributed by atoms with Crippen LogP contribution < -0.4 is 15.4 Å². The summed E-state index contributed by atoms with van der Waals surface area (Å²) in [7, 11) is 1.29. The Kier molecular flexibility index (Phi) is 6.09. The topological polar surface area (TPSA) is 94.5 Å². The number of para-hydroxylation sites is 1. The molecule has 174 valence electrons. The first-order valence-electron chi connectivity index (χ1n) is 9.83. The van der Waals surface area contributed by atoms with E-state index in [-0.39, 0.29) is 5.69 Å². The lowest BCUT2D eigenvalue weighted by atomic mass is 10.2. The maximum atomic E-state index is 12.6. The first-order valence-corrected chi connectivity index (χ1v) is 9.83. The molecular formula is C23H17F3N4O4. The van der Waals surface area contributed by atoms with Gasteiger partial charge in [0.05, 0.1) is 23.9 Å². The number of alkyl halides is 3. The van der Waals surface area contributed by atoms with Crippen LogP contribution in [0.15, 0.2) is 73.1 Å². The van der Waals surface area contributed by atoms with Crippen LogP contribution in [0.5, 0.6) is 5.75 Å². The number of halogens is 3. The van der Waals surface area contributed by atoms with Gasteiger partial charge >= 0.3 is 18.4 Å². The minimum atomic E-state index is -4.81. The number of benzene rings is 2.